The monoisotopic (exact) mass is 539 g/mol. The van der Waals surface area contributed by atoms with Crippen molar-refractivity contribution in [3.8, 4) is 0 Å². The lowest BCUT2D eigenvalue weighted by Gasteiger charge is -2.31. The molecule has 3 fully saturated rings. The van der Waals surface area contributed by atoms with Gasteiger partial charge in [-0.25, -0.2) is 0 Å². The first-order valence-electron chi connectivity index (χ1n) is 14.5. The van der Waals surface area contributed by atoms with Gasteiger partial charge in [-0.1, -0.05) is 68.8 Å². The zero-order chi connectivity index (χ0) is 29.5. The standard InChI is InChI=1S/C11H13NO.C9H20N2.C9H10.C2H6.2CH2O/c1-8-2-4-9(5-3-8)11(13)12-10-6-7-10;1-3-6-11-7-4-9(10-2)5-8-11;1-2-4-8(5-3-1)9-6-7-9;3*1-2/h2-5,10H,6-7H2,1H3,(H,12,13);9-10H,3-8H2,1-2H3;1-5,9H,6-7H2;1-2H3;2*1H2. The number of likely N-dealkylation sites (tertiary alicyclic amines) is 1. The van der Waals surface area contributed by atoms with Crippen LogP contribution in [0.1, 0.15) is 93.1 Å². The molecule has 3 aliphatic rings. The number of hydrogen-bond acceptors (Lipinski definition) is 5. The topological polar surface area (TPSA) is 78.5 Å². The minimum Gasteiger partial charge on any atom is -0.349 e. The molecule has 1 heterocycles. The molecule has 2 N–H and O–H groups in total. The Bertz CT molecular complexity index is 842. The van der Waals surface area contributed by atoms with Crippen molar-refractivity contribution in [2.75, 3.05) is 26.7 Å². The van der Waals surface area contributed by atoms with Crippen LogP contribution in [-0.2, 0) is 9.59 Å². The van der Waals surface area contributed by atoms with Crippen LogP contribution in [0.25, 0.3) is 0 Å². The highest BCUT2D eigenvalue weighted by molar-refractivity contribution is 5.94. The number of aryl methyl sites for hydroxylation is 1. The largest absolute Gasteiger partial charge is 0.349 e. The molecule has 6 heteroatoms. The van der Waals surface area contributed by atoms with Crippen molar-refractivity contribution < 1.29 is 14.4 Å². The van der Waals surface area contributed by atoms with E-state index in [1.54, 1.807) is 0 Å². The summed E-state index contributed by atoms with van der Waals surface area (Å²) in [6, 6.07) is 19.6. The van der Waals surface area contributed by atoms with Crippen LogP contribution in [-0.4, -0.2) is 63.2 Å². The van der Waals surface area contributed by atoms with Crippen LogP contribution in [0.15, 0.2) is 54.6 Å². The predicted octanol–water partition coefficient (Wildman–Crippen LogP) is 6.19. The highest BCUT2D eigenvalue weighted by Crippen LogP contribution is 2.39. The van der Waals surface area contributed by atoms with Gasteiger partial charge in [0, 0.05) is 17.6 Å². The fourth-order valence-electron chi connectivity index (χ4n) is 4.10. The summed E-state index contributed by atoms with van der Waals surface area (Å²) in [6.07, 6.45) is 9.04. The summed E-state index contributed by atoms with van der Waals surface area (Å²) >= 11 is 0. The molecule has 218 valence electrons. The number of hydrogen-bond donors (Lipinski definition) is 2. The maximum Gasteiger partial charge on any atom is 0.251 e. The molecule has 39 heavy (non-hydrogen) atoms. The van der Waals surface area contributed by atoms with E-state index in [2.05, 4.69) is 59.8 Å². The van der Waals surface area contributed by atoms with Gasteiger partial charge in [0.25, 0.3) is 5.91 Å². The van der Waals surface area contributed by atoms with Crippen LogP contribution in [0.4, 0.5) is 0 Å². The zero-order valence-electron chi connectivity index (χ0n) is 25.1. The number of benzene rings is 2. The Morgan fingerprint density at radius 2 is 1.36 bits per heavy atom. The Kier molecular flexibility index (Phi) is 21.4. The molecule has 2 saturated carbocycles. The second-order valence-corrected chi connectivity index (χ2v) is 9.70. The van der Waals surface area contributed by atoms with Crippen LogP contribution >= 0.6 is 0 Å². The number of carbonyl (C=O) groups excluding carboxylic acids is 3. The summed E-state index contributed by atoms with van der Waals surface area (Å²) in [6.45, 7) is 16.1. The van der Waals surface area contributed by atoms with Gasteiger partial charge < -0.3 is 25.1 Å². The molecule has 1 amide bonds. The minimum absolute atomic E-state index is 0.0579. The van der Waals surface area contributed by atoms with Crippen molar-refractivity contribution in [3.05, 3.63) is 71.3 Å². The summed E-state index contributed by atoms with van der Waals surface area (Å²) in [7, 11) is 2.07. The average Bonchev–Trinajstić information content (AvgIpc) is 3.94. The number of rotatable bonds is 6. The van der Waals surface area contributed by atoms with Crippen molar-refractivity contribution in [1.82, 2.24) is 15.5 Å². The fraction of sp³-hybridized carbons (Fsp3) is 0.545. The zero-order valence-corrected chi connectivity index (χ0v) is 25.1. The highest BCUT2D eigenvalue weighted by atomic mass is 16.1. The molecule has 0 radical (unpaired) electrons. The molecule has 2 aliphatic carbocycles. The number of nitrogens with one attached hydrogen (secondary N) is 2. The average molecular weight is 540 g/mol. The van der Waals surface area contributed by atoms with Crippen LogP contribution in [0, 0.1) is 6.92 Å². The second kappa shape index (κ2) is 23.1. The van der Waals surface area contributed by atoms with E-state index in [4.69, 9.17) is 9.59 Å². The Morgan fingerprint density at radius 1 is 0.821 bits per heavy atom. The lowest BCUT2D eigenvalue weighted by molar-refractivity contribution is -0.0987. The Balaban J connectivity index is 0.000000511. The number of piperidine rings is 1. The van der Waals surface area contributed by atoms with E-state index in [0.29, 0.717) is 6.04 Å². The third kappa shape index (κ3) is 16.7. The lowest BCUT2D eigenvalue weighted by atomic mass is 10.1. The second-order valence-electron chi connectivity index (χ2n) is 9.70. The summed E-state index contributed by atoms with van der Waals surface area (Å²) in [5.41, 5.74) is 3.47. The van der Waals surface area contributed by atoms with Crippen molar-refractivity contribution >= 4 is 19.5 Å². The third-order valence-electron chi connectivity index (χ3n) is 6.61. The molecule has 1 aliphatic heterocycles. The molecule has 0 aromatic heterocycles. The normalized spacial score (nSPS) is 15.9. The van der Waals surface area contributed by atoms with Gasteiger partial charge in [-0.2, -0.15) is 0 Å². The predicted molar refractivity (Wildman–Crippen MR) is 164 cm³/mol. The SMILES string of the molecule is C=O.C=O.CC.CCCN1CCC(NC)CC1.Cc1ccc(C(=O)NC2CC2)cc1.c1ccc(C2CC2)cc1. The summed E-state index contributed by atoms with van der Waals surface area (Å²) < 4.78 is 0. The van der Waals surface area contributed by atoms with Crippen LogP contribution in [0.2, 0.25) is 0 Å². The first kappa shape index (κ1) is 36.2. The first-order chi connectivity index (χ1) is 19.1. The number of nitrogens with zero attached hydrogens (tertiary/aromatic N) is 1. The van der Waals surface area contributed by atoms with E-state index < -0.39 is 0 Å². The minimum atomic E-state index is 0.0579. The molecule has 0 unspecified atom stereocenters. The van der Waals surface area contributed by atoms with Crippen molar-refractivity contribution in [1.29, 1.82) is 0 Å². The van der Waals surface area contributed by atoms with Crippen LogP contribution in [0.3, 0.4) is 0 Å². The maximum atomic E-state index is 11.5. The molecule has 0 bridgehead atoms. The van der Waals surface area contributed by atoms with Gasteiger partial charge in [-0.3, -0.25) is 4.79 Å². The molecule has 1 saturated heterocycles. The summed E-state index contributed by atoms with van der Waals surface area (Å²) in [4.78, 5) is 30.1. The number of carbonyl (C=O) groups is 3. The third-order valence-corrected chi connectivity index (χ3v) is 6.61. The molecular formula is C33H53N3O3. The van der Waals surface area contributed by atoms with Crippen molar-refractivity contribution in [2.24, 2.45) is 0 Å². The van der Waals surface area contributed by atoms with Gasteiger partial charge in [-0.05, 0) is 102 Å². The van der Waals surface area contributed by atoms with E-state index in [-0.39, 0.29) is 5.91 Å². The van der Waals surface area contributed by atoms with E-state index in [0.717, 1.165) is 30.4 Å². The smallest absolute Gasteiger partial charge is 0.251 e. The molecule has 2 aromatic rings. The number of amides is 1. The molecular weight excluding hydrogens is 486 g/mol. The van der Waals surface area contributed by atoms with Crippen LogP contribution in [0.5, 0.6) is 0 Å². The lowest BCUT2D eigenvalue weighted by Crippen LogP contribution is -2.41. The Morgan fingerprint density at radius 3 is 1.79 bits per heavy atom. The Hall–Kier alpha value is -2.83. The highest BCUT2D eigenvalue weighted by Gasteiger charge is 2.23. The van der Waals surface area contributed by atoms with Crippen LogP contribution < -0.4 is 10.6 Å². The van der Waals surface area contributed by atoms with Crippen molar-refractivity contribution in [2.45, 2.75) is 90.6 Å². The molecule has 2 aromatic carbocycles. The van der Waals surface area contributed by atoms with Gasteiger partial charge in [0.05, 0.1) is 0 Å². The van der Waals surface area contributed by atoms with Gasteiger partial charge in [-0.15, -0.1) is 0 Å². The first-order valence-corrected chi connectivity index (χ1v) is 14.5. The van der Waals surface area contributed by atoms with Gasteiger partial charge in [0.15, 0.2) is 0 Å². The van der Waals surface area contributed by atoms with Gasteiger partial charge in [0.2, 0.25) is 0 Å². The molecule has 0 spiro atoms. The summed E-state index contributed by atoms with van der Waals surface area (Å²) in [5, 5.41) is 6.29. The molecule has 6 nitrogen and oxygen atoms in total. The van der Waals surface area contributed by atoms with Gasteiger partial charge >= 0.3 is 0 Å². The summed E-state index contributed by atoms with van der Waals surface area (Å²) in [5.74, 6) is 0.966. The fourth-order valence-corrected chi connectivity index (χ4v) is 4.10. The molecule has 5 rings (SSSR count). The van der Waals surface area contributed by atoms with Gasteiger partial charge in [0.1, 0.15) is 13.6 Å². The van der Waals surface area contributed by atoms with E-state index >= 15 is 0 Å². The van der Waals surface area contributed by atoms with E-state index in [1.165, 1.54) is 62.9 Å². The molecule has 0 atom stereocenters. The maximum absolute atomic E-state index is 11.5. The van der Waals surface area contributed by atoms with Crippen molar-refractivity contribution in [3.63, 3.8) is 0 Å². The Labute approximate surface area is 238 Å². The van der Waals surface area contributed by atoms with E-state index in [1.807, 2.05) is 58.6 Å². The van der Waals surface area contributed by atoms with E-state index in [9.17, 15) is 4.79 Å². The quantitative estimate of drug-likeness (QED) is 0.458.